The van der Waals surface area contributed by atoms with Gasteiger partial charge in [-0.3, -0.25) is 4.79 Å². The third kappa shape index (κ3) is 4.26. The molecule has 2 atom stereocenters. The molecule has 1 aromatic carbocycles. The molecule has 0 unspecified atom stereocenters. The molecule has 7 nitrogen and oxygen atoms in total. The fourth-order valence-electron chi connectivity index (χ4n) is 3.02. The topological polar surface area (TPSA) is 94.7 Å². The Kier molecular flexibility index (Phi) is 5.04. The number of fused-ring (bicyclic) bond motifs is 1. The highest BCUT2D eigenvalue weighted by molar-refractivity contribution is 5.98. The molecule has 0 spiro atoms. The van der Waals surface area contributed by atoms with Gasteiger partial charge in [0.05, 0.1) is 6.04 Å². The number of hydrogen-bond acceptors (Lipinski definition) is 3. The van der Waals surface area contributed by atoms with E-state index in [4.69, 9.17) is 5.11 Å². The molecule has 0 radical (unpaired) electrons. The molecule has 28 heavy (non-hydrogen) atoms. The van der Waals surface area contributed by atoms with Gasteiger partial charge in [0, 0.05) is 30.1 Å². The lowest BCUT2D eigenvalue weighted by molar-refractivity contribution is -0.275. The number of piperidine rings is 1. The van der Waals surface area contributed by atoms with Crippen molar-refractivity contribution in [3.63, 3.8) is 0 Å². The Bertz CT molecular complexity index is 914. The lowest BCUT2D eigenvalue weighted by atomic mass is 10.0. The van der Waals surface area contributed by atoms with Crippen molar-refractivity contribution in [1.29, 1.82) is 0 Å². The molecule has 152 valence electrons. The molecule has 1 fully saturated rings. The zero-order chi connectivity index (χ0) is 20.6. The predicted octanol–water partition coefficient (Wildman–Crippen LogP) is 3.03. The van der Waals surface area contributed by atoms with Gasteiger partial charge in [0.1, 0.15) is 11.9 Å². The molecule has 3 rings (SSSR count). The van der Waals surface area contributed by atoms with Crippen molar-refractivity contribution in [2.24, 2.45) is 0 Å². The minimum atomic E-state index is -5.08. The highest BCUT2D eigenvalue weighted by Gasteiger charge is 2.34. The van der Waals surface area contributed by atoms with Gasteiger partial charge in [-0.2, -0.15) is 0 Å². The van der Waals surface area contributed by atoms with Crippen molar-refractivity contribution in [2.45, 2.75) is 25.0 Å². The Hall–Kier alpha value is -3.05. The van der Waals surface area contributed by atoms with E-state index in [0.717, 1.165) is 12.1 Å². The number of aromatic nitrogens is 1. The summed E-state index contributed by atoms with van der Waals surface area (Å²) in [6, 6.07) is 1.66. The van der Waals surface area contributed by atoms with E-state index in [1.807, 2.05) is 5.32 Å². The summed E-state index contributed by atoms with van der Waals surface area (Å²) >= 11 is 0. The highest BCUT2D eigenvalue weighted by Crippen LogP contribution is 2.30. The molecule has 3 N–H and O–H groups in total. The molecule has 0 bridgehead atoms. The van der Waals surface area contributed by atoms with Gasteiger partial charge in [-0.1, -0.05) is 0 Å². The number of amides is 2. The largest absolute Gasteiger partial charge is 0.573 e. The Labute approximate surface area is 154 Å². The normalized spacial score (nSPS) is 20.2. The van der Waals surface area contributed by atoms with E-state index < -0.39 is 42.1 Å². The third-order valence-electron chi connectivity index (χ3n) is 4.25. The quantitative estimate of drug-likeness (QED) is 0.682. The standard InChI is InChI=1S/C16H14F5N3O4/c17-8-1-2-24(6-12(8)23-15(26)27)14(25)11-3-7-4-13(28-16(19,20)21)9(18)5-10(7)22-11/h3-5,8,12,22-23H,1-2,6H2,(H,26,27)/t8-,12+/m1/s1. The SMILES string of the molecule is O=C(O)N[C@H]1CN(C(=O)c2cc3cc(OC(F)(F)F)c(F)cc3[nH]2)CC[C@H]1F. The number of nitrogens with zero attached hydrogens (tertiary/aromatic N) is 1. The van der Waals surface area contributed by atoms with E-state index in [0.29, 0.717) is 0 Å². The number of carbonyl (C=O) groups excluding carboxylic acids is 1. The minimum Gasteiger partial charge on any atom is -0.465 e. The number of benzene rings is 1. The van der Waals surface area contributed by atoms with Gasteiger partial charge in [0.15, 0.2) is 11.6 Å². The number of ether oxygens (including phenoxy) is 1. The molecule has 2 aromatic rings. The predicted molar refractivity (Wildman–Crippen MR) is 85.3 cm³/mol. The molecule has 1 aromatic heterocycles. The van der Waals surface area contributed by atoms with Crippen molar-refractivity contribution in [2.75, 3.05) is 13.1 Å². The average Bonchev–Trinajstić information content (AvgIpc) is 2.97. The smallest absolute Gasteiger partial charge is 0.465 e. The van der Waals surface area contributed by atoms with Crippen molar-refractivity contribution in [1.82, 2.24) is 15.2 Å². The number of carboxylic acid groups (broad SMARTS) is 1. The van der Waals surface area contributed by atoms with Gasteiger partial charge in [-0.15, -0.1) is 13.2 Å². The Balaban J connectivity index is 1.83. The van der Waals surface area contributed by atoms with Crippen LogP contribution < -0.4 is 10.1 Å². The molecule has 2 heterocycles. The molecule has 2 amide bonds. The van der Waals surface area contributed by atoms with E-state index >= 15 is 0 Å². The first-order chi connectivity index (χ1) is 13.0. The fourth-order valence-corrected chi connectivity index (χ4v) is 3.02. The molecule has 12 heteroatoms. The molecular formula is C16H14F5N3O4. The summed E-state index contributed by atoms with van der Waals surface area (Å²) in [5.41, 5.74) is 0.000838. The molecule has 0 aliphatic carbocycles. The van der Waals surface area contributed by atoms with E-state index in [-0.39, 0.29) is 36.1 Å². The first kappa shape index (κ1) is 19.7. The van der Waals surface area contributed by atoms with Gasteiger partial charge in [-0.25, -0.2) is 13.6 Å². The number of halogens is 5. The lowest BCUT2D eigenvalue weighted by Crippen LogP contribution is -2.54. The van der Waals surface area contributed by atoms with E-state index in [2.05, 4.69) is 9.72 Å². The van der Waals surface area contributed by atoms with Gasteiger partial charge in [0.25, 0.3) is 5.91 Å². The van der Waals surface area contributed by atoms with Crippen LogP contribution in [0, 0.1) is 5.82 Å². The van der Waals surface area contributed by atoms with Crippen molar-refractivity contribution < 1.29 is 41.4 Å². The number of H-pyrrole nitrogens is 1. The maximum Gasteiger partial charge on any atom is 0.573 e. The van der Waals surface area contributed by atoms with Crippen molar-refractivity contribution in [3.05, 3.63) is 29.7 Å². The molecular weight excluding hydrogens is 393 g/mol. The second kappa shape index (κ2) is 7.17. The summed E-state index contributed by atoms with van der Waals surface area (Å²) in [4.78, 5) is 27.1. The zero-order valence-corrected chi connectivity index (χ0v) is 14.0. The Morgan fingerprint density at radius 1 is 1.29 bits per heavy atom. The number of alkyl halides is 4. The van der Waals surface area contributed by atoms with Crippen LogP contribution in [0.15, 0.2) is 18.2 Å². The van der Waals surface area contributed by atoms with E-state index in [9.17, 15) is 31.5 Å². The number of nitrogens with one attached hydrogen (secondary N) is 2. The summed E-state index contributed by atoms with van der Waals surface area (Å²) < 4.78 is 68.2. The van der Waals surface area contributed by atoms with Gasteiger partial charge in [-0.05, 0) is 18.6 Å². The monoisotopic (exact) mass is 407 g/mol. The van der Waals surface area contributed by atoms with Crippen LogP contribution in [-0.4, -0.2) is 58.7 Å². The van der Waals surface area contributed by atoms with Crippen LogP contribution in [0.1, 0.15) is 16.9 Å². The number of rotatable bonds is 3. The maximum absolute atomic E-state index is 13.8. The average molecular weight is 407 g/mol. The summed E-state index contributed by atoms with van der Waals surface area (Å²) in [7, 11) is 0. The Morgan fingerprint density at radius 2 is 2.00 bits per heavy atom. The van der Waals surface area contributed by atoms with Crippen molar-refractivity contribution >= 4 is 22.9 Å². The zero-order valence-electron chi connectivity index (χ0n) is 14.0. The number of carbonyl (C=O) groups is 2. The number of aromatic amines is 1. The first-order valence-electron chi connectivity index (χ1n) is 8.04. The van der Waals surface area contributed by atoms with Crippen LogP contribution in [0.3, 0.4) is 0 Å². The minimum absolute atomic E-state index is 0.0178. The Morgan fingerprint density at radius 3 is 2.64 bits per heavy atom. The van der Waals surface area contributed by atoms with Crippen molar-refractivity contribution in [3.8, 4) is 5.75 Å². The summed E-state index contributed by atoms with van der Waals surface area (Å²) in [5, 5.41) is 10.8. The van der Waals surface area contributed by atoms with Crippen LogP contribution in [0.5, 0.6) is 5.75 Å². The van der Waals surface area contributed by atoms with E-state index in [1.165, 1.54) is 11.0 Å². The van der Waals surface area contributed by atoms with Crippen LogP contribution >= 0.6 is 0 Å². The number of hydrogen-bond donors (Lipinski definition) is 3. The van der Waals surface area contributed by atoms with E-state index in [1.54, 1.807) is 0 Å². The van der Waals surface area contributed by atoms with Crippen LogP contribution in [-0.2, 0) is 0 Å². The third-order valence-corrected chi connectivity index (χ3v) is 4.25. The fraction of sp³-hybridized carbons (Fsp3) is 0.375. The second-order valence-corrected chi connectivity index (χ2v) is 6.21. The summed E-state index contributed by atoms with van der Waals surface area (Å²) in [6.07, 6.45) is -8.05. The van der Waals surface area contributed by atoms with Crippen LogP contribution in [0.2, 0.25) is 0 Å². The summed E-state index contributed by atoms with van der Waals surface area (Å²) in [5.74, 6) is -2.93. The molecule has 1 aliphatic rings. The summed E-state index contributed by atoms with van der Waals surface area (Å²) in [6.45, 7) is -0.206. The van der Waals surface area contributed by atoms with Gasteiger partial charge >= 0.3 is 12.5 Å². The maximum atomic E-state index is 13.8. The number of likely N-dealkylation sites (tertiary alicyclic amines) is 1. The molecule has 0 saturated carbocycles. The van der Waals surface area contributed by atoms with Gasteiger partial charge < -0.3 is 25.0 Å². The molecule has 1 saturated heterocycles. The molecule has 1 aliphatic heterocycles. The van der Waals surface area contributed by atoms with Crippen LogP contribution in [0.4, 0.5) is 26.7 Å². The highest BCUT2D eigenvalue weighted by atomic mass is 19.4. The lowest BCUT2D eigenvalue weighted by Gasteiger charge is -2.34. The van der Waals surface area contributed by atoms with Crippen LogP contribution in [0.25, 0.3) is 10.9 Å². The second-order valence-electron chi connectivity index (χ2n) is 6.21. The first-order valence-corrected chi connectivity index (χ1v) is 8.04. The van der Waals surface area contributed by atoms with Gasteiger partial charge in [0.2, 0.25) is 0 Å².